The number of carbonyl (C=O) groups excluding carboxylic acids is 1. The van der Waals surface area contributed by atoms with Crippen molar-refractivity contribution in [2.24, 2.45) is 0 Å². The number of aromatic nitrogens is 1. The van der Waals surface area contributed by atoms with E-state index in [-0.39, 0.29) is 5.91 Å². The van der Waals surface area contributed by atoms with Crippen molar-refractivity contribution in [1.82, 2.24) is 4.98 Å². The Bertz CT molecular complexity index is 989. The largest absolute Gasteiger partial charge is 0.494 e. The second kappa shape index (κ2) is 8.16. The Balaban J connectivity index is 2.00. The number of quaternary nitrogens is 1. The highest BCUT2D eigenvalue weighted by Crippen LogP contribution is 2.34. The molecule has 6 nitrogen and oxygen atoms in total. The fourth-order valence-corrected chi connectivity index (χ4v) is 3.66. The van der Waals surface area contributed by atoms with E-state index >= 15 is 0 Å². The minimum Gasteiger partial charge on any atom is -0.494 e. The molecule has 1 N–H and O–H groups in total. The predicted octanol–water partition coefficient (Wildman–Crippen LogP) is 1.97. The standard InChI is InChI=1S/C20H20N4O2S/c1-23(2)11-12-24(19(25)15-9-7-14(13-21)8-10-15)20-22-18-16(26-3)5-4-6-17(18)27-20/h4-10H,11-12H2,1-3H3/p+1. The average molecular weight is 381 g/mol. The normalized spacial score (nSPS) is 10.8. The number of ether oxygens (including phenoxy) is 1. The third kappa shape index (κ3) is 4.08. The Morgan fingerprint density at radius 1 is 1.26 bits per heavy atom. The summed E-state index contributed by atoms with van der Waals surface area (Å²) in [6.07, 6.45) is 0. The summed E-state index contributed by atoms with van der Waals surface area (Å²) in [7, 11) is 5.71. The highest BCUT2D eigenvalue weighted by atomic mass is 32.1. The van der Waals surface area contributed by atoms with Crippen molar-refractivity contribution in [2.45, 2.75) is 0 Å². The minimum absolute atomic E-state index is 0.126. The first-order valence-corrected chi connectivity index (χ1v) is 9.39. The molecule has 0 aliphatic heterocycles. The van der Waals surface area contributed by atoms with Gasteiger partial charge in [0.1, 0.15) is 11.3 Å². The van der Waals surface area contributed by atoms with E-state index in [1.807, 2.05) is 32.3 Å². The molecule has 0 aliphatic rings. The van der Waals surface area contributed by atoms with Gasteiger partial charge in [-0.1, -0.05) is 17.4 Å². The number of nitriles is 1. The van der Waals surface area contributed by atoms with E-state index < -0.39 is 0 Å². The highest BCUT2D eigenvalue weighted by molar-refractivity contribution is 7.22. The second-order valence-electron chi connectivity index (χ2n) is 6.41. The van der Waals surface area contributed by atoms with Crippen LogP contribution in [0.1, 0.15) is 15.9 Å². The van der Waals surface area contributed by atoms with E-state index in [0.29, 0.717) is 28.6 Å². The number of amides is 1. The van der Waals surface area contributed by atoms with Gasteiger partial charge in [-0.3, -0.25) is 9.69 Å². The van der Waals surface area contributed by atoms with Crippen LogP contribution in [0.3, 0.4) is 0 Å². The van der Waals surface area contributed by atoms with Crippen LogP contribution in [-0.4, -0.2) is 45.2 Å². The lowest BCUT2D eigenvalue weighted by Gasteiger charge is -2.20. The summed E-state index contributed by atoms with van der Waals surface area (Å²) >= 11 is 1.47. The molecule has 3 rings (SSSR count). The topological polar surface area (TPSA) is 70.7 Å². The average Bonchev–Trinajstić information content (AvgIpc) is 3.11. The molecule has 1 heterocycles. The van der Waals surface area contributed by atoms with Gasteiger partial charge in [-0.25, -0.2) is 4.98 Å². The Morgan fingerprint density at radius 2 is 2.00 bits per heavy atom. The van der Waals surface area contributed by atoms with Gasteiger partial charge in [0, 0.05) is 5.56 Å². The number of hydrogen-bond donors (Lipinski definition) is 1. The molecule has 0 bridgehead atoms. The fourth-order valence-electron chi connectivity index (χ4n) is 2.65. The minimum atomic E-state index is -0.126. The summed E-state index contributed by atoms with van der Waals surface area (Å²) in [6, 6.07) is 14.5. The molecular formula is C20H21N4O2S+. The number of rotatable bonds is 6. The summed E-state index contributed by atoms with van der Waals surface area (Å²) < 4.78 is 6.37. The zero-order valence-corrected chi connectivity index (χ0v) is 16.3. The van der Waals surface area contributed by atoms with Crippen molar-refractivity contribution in [1.29, 1.82) is 5.26 Å². The van der Waals surface area contributed by atoms with Crippen molar-refractivity contribution in [3.63, 3.8) is 0 Å². The van der Waals surface area contributed by atoms with Crippen LogP contribution in [0, 0.1) is 11.3 Å². The molecule has 138 valence electrons. The number of benzene rings is 2. The van der Waals surface area contributed by atoms with Gasteiger partial charge in [-0.05, 0) is 36.4 Å². The third-order valence-corrected chi connectivity index (χ3v) is 5.21. The maximum atomic E-state index is 13.2. The number of fused-ring (bicyclic) bond motifs is 1. The molecule has 1 amide bonds. The zero-order valence-electron chi connectivity index (χ0n) is 15.5. The number of thiazole rings is 1. The summed E-state index contributed by atoms with van der Waals surface area (Å²) in [4.78, 5) is 20.8. The molecule has 0 fully saturated rings. The monoisotopic (exact) mass is 381 g/mol. The van der Waals surface area contributed by atoms with Crippen LogP contribution < -0.4 is 14.5 Å². The van der Waals surface area contributed by atoms with E-state index in [9.17, 15) is 4.79 Å². The van der Waals surface area contributed by atoms with E-state index in [2.05, 4.69) is 11.1 Å². The first-order chi connectivity index (χ1) is 13.0. The highest BCUT2D eigenvalue weighted by Gasteiger charge is 2.23. The van der Waals surface area contributed by atoms with Crippen molar-refractivity contribution >= 4 is 32.6 Å². The number of nitrogens with zero attached hydrogens (tertiary/aromatic N) is 3. The molecule has 27 heavy (non-hydrogen) atoms. The van der Waals surface area contributed by atoms with Crippen LogP contribution in [0.15, 0.2) is 42.5 Å². The van der Waals surface area contributed by atoms with E-state index in [1.165, 1.54) is 16.2 Å². The van der Waals surface area contributed by atoms with Crippen molar-refractivity contribution < 1.29 is 14.4 Å². The van der Waals surface area contributed by atoms with Gasteiger partial charge in [0.25, 0.3) is 5.91 Å². The molecule has 1 aromatic heterocycles. The van der Waals surface area contributed by atoms with Crippen LogP contribution >= 0.6 is 11.3 Å². The van der Waals surface area contributed by atoms with E-state index in [1.54, 1.807) is 36.3 Å². The molecule has 0 atom stereocenters. The first-order valence-electron chi connectivity index (χ1n) is 8.58. The fraction of sp³-hybridized carbons (Fsp3) is 0.250. The predicted molar refractivity (Wildman–Crippen MR) is 107 cm³/mol. The van der Waals surface area contributed by atoms with Gasteiger partial charge in [0.2, 0.25) is 0 Å². The van der Waals surface area contributed by atoms with Gasteiger partial charge in [0.05, 0.1) is 50.6 Å². The number of nitrogens with one attached hydrogen (secondary N) is 1. The van der Waals surface area contributed by atoms with Crippen molar-refractivity contribution in [3.8, 4) is 11.8 Å². The van der Waals surface area contributed by atoms with Gasteiger partial charge in [-0.15, -0.1) is 0 Å². The van der Waals surface area contributed by atoms with E-state index in [4.69, 9.17) is 10.00 Å². The number of hydrogen-bond acceptors (Lipinski definition) is 5. The maximum absolute atomic E-state index is 13.2. The number of methoxy groups -OCH3 is 1. The van der Waals surface area contributed by atoms with Crippen LogP contribution in [0.2, 0.25) is 0 Å². The summed E-state index contributed by atoms with van der Waals surface area (Å²) in [5, 5.41) is 9.60. The van der Waals surface area contributed by atoms with Gasteiger partial charge >= 0.3 is 0 Å². The van der Waals surface area contributed by atoms with Gasteiger partial charge < -0.3 is 9.64 Å². The lowest BCUT2D eigenvalue weighted by atomic mass is 10.1. The Hall–Kier alpha value is -2.95. The molecule has 0 spiro atoms. The Kier molecular flexibility index (Phi) is 5.69. The van der Waals surface area contributed by atoms with Crippen LogP contribution in [0.25, 0.3) is 10.2 Å². The van der Waals surface area contributed by atoms with Crippen molar-refractivity contribution in [2.75, 3.05) is 39.2 Å². The molecule has 0 saturated heterocycles. The Morgan fingerprint density at radius 3 is 2.63 bits per heavy atom. The smallest absolute Gasteiger partial charge is 0.260 e. The molecule has 0 unspecified atom stereocenters. The summed E-state index contributed by atoms with van der Waals surface area (Å²) in [6.45, 7) is 1.33. The van der Waals surface area contributed by atoms with Gasteiger partial charge in [0.15, 0.2) is 5.13 Å². The van der Waals surface area contributed by atoms with Crippen molar-refractivity contribution in [3.05, 3.63) is 53.6 Å². The third-order valence-electron chi connectivity index (χ3n) is 4.16. The van der Waals surface area contributed by atoms with E-state index in [0.717, 1.165) is 16.8 Å². The number of para-hydroxylation sites is 1. The molecular weight excluding hydrogens is 360 g/mol. The zero-order chi connectivity index (χ0) is 19.4. The number of likely N-dealkylation sites (N-methyl/N-ethyl adjacent to an activating group) is 1. The van der Waals surface area contributed by atoms with Gasteiger partial charge in [-0.2, -0.15) is 5.26 Å². The molecule has 0 saturated carbocycles. The molecule has 0 aliphatic carbocycles. The SMILES string of the molecule is COc1cccc2sc(N(CC[NH+](C)C)C(=O)c3ccc(C#N)cc3)nc12. The summed E-state index contributed by atoms with van der Waals surface area (Å²) in [5.74, 6) is 0.567. The molecule has 0 radical (unpaired) electrons. The number of anilines is 1. The quantitative estimate of drug-likeness (QED) is 0.709. The molecule has 2 aromatic carbocycles. The Labute approximate surface area is 162 Å². The summed E-state index contributed by atoms with van der Waals surface area (Å²) in [5.41, 5.74) is 1.82. The van der Waals surface area contributed by atoms with Crippen LogP contribution in [0.5, 0.6) is 5.75 Å². The molecule has 3 aromatic rings. The first kappa shape index (κ1) is 18.8. The second-order valence-corrected chi connectivity index (χ2v) is 7.42. The number of carbonyl (C=O) groups is 1. The lowest BCUT2D eigenvalue weighted by Crippen LogP contribution is -3.06. The van der Waals surface area contributed by atoms with Crippen LogP contribution in [-0.2, 0) is 0 Å². The maximum Gasteiger partial charge on any atom is 0.260 e. The van der Waals surface area contributed by atoms with Crippen LogP contribution in [0.4, 0.5) is 5.13 Å². The molecule has 7 heteroatoms. The lowest BCUT2D eigenvalue weighted by molar-refractivity contribution is -0.856.